The van der Waals surface area contributed by atoms with Gasteiger partial charge in [0.25, 0.3) is 0 Å². The largest absolute Gasteiger partial charge is 0.325 e. The van der Waals surface area contributed by atoms with Crippen molar-refractivity contribution in [3.8, 4) is 6.07 Å². The molecule has 0 unspecified atom stereocenters. The van der Waals surface area contributed by atoms with Gasteiger partial charge in [0.2, 0.25) is 5.91 Å². The van der Waals surface area contributed by atoms with Gasteiger partial charge in [-0.3, -0.25) is 4.79 Å². The van der Waals surface area contributed by atoms with Crippen molar-refractivity contribution >= 4 is 11.6 Å². The Labute approximate surface area is 121 Å². The summed E-state index contributed by atoms with van der Waals surface area (Å²) < 4.78 is 0. The maximum absolute atomic E-state index is 11.9. The summed E-state index contributed by atoms with van der Waals surface area (Å²) in [5, 5.41) is 11.8. The van der Waals surface area contributed by atoms with E-state index in [0.29, 0.717) is 17.7 Å². The van der Waals surface area contributed by atoms with Gasteiger partial charge in [-0.15, -0.1) is 0 Å². The lowest BCUT2D eigenvalue weighted by Crippen LogP contribution is -2.29. The third-order valence-electron chi connectivity index (χ3n) is 3.06. The van der Waals surface area contributed by atoms with Gasteiger partial charge in [0.05, 0.1) is 11.3 Å². The van der Waals surface area contributed by atoms with E-state index in [1.807, 2.05) is 6.07 Å². The zero-order chi connectivity index (χ0) is 14.8. The Balaban J connectivity index is 2.49. The zero-order valence-electron chi connectivity index (χ0n) is 12.4. The van der Waals surface area contributed by atoms with E-state index in [9.17, 15) is 4.79 Å². The van der Waals surface area contributed by atoms with Crippen molar-refractivity contribution in [3.63, 3.8) is 0 Å². The Kier molecular flexibility index (Phi) is 7.38. The van der Waals surface area contributed by atoms with E-state index in [0.717, 1.165) is 32.5 Å². The molecular weight excluding hydrogens is 250 g/mol. The van der Waals surface area contributed by atoms with Crippen LogP contribution in [-0.2, 0) is 4.79 Å². The van der Waals surface area contributed by atoms with E-state index in [-0.39, 0.29) is 5.91 Å². The molecule has 0 fully saturated rings. The normalized spacial score (nSPS) is 10.3. The molecule has 1 amide bonds. The first-order valence-electron chi connectivity index (χ1n) is 7.22. The van der Waals surface area contributed by atoms with Crippen LogP contribution in [-0.4, -0.2) is 30.4 Å². The molecule has 0 atom stereocenters. The molecule has 0 saturated heterocycles. The van der Waals surface area contributed by atoms with Gasteiger partial charge >= 0.3 is 0 Å². The summed E-state index contributed by atoms with van der Waals surface area (Å²) in [6.45, 7) is 7.10. The molecule has 4 heteroatoms. The Bertz CT molecular complexity index is 459. The van der Waals surface area contributed by atoms with Gasteiger partial charge in [-0.05, 0) is 38.1 Å². The predicted molar refractivity (Wildman–Crippen MR) is 81.4 cm³/mol. The maximum atomic E-state index is 11.9. The Morgan fingerprint density at radius 3 is 2.45 bits per heavy atom. The lowest BCUT2D eigenvalue weighted by Gasteiger charge is -2.20. The van der Waals surface area contributed by atoms with Crippen molar-refractivity contribution in [3.05, 3.63) is 29.8 Å². The van der Waals surface area contributed by atoms with E-state index in [1.165, 1.54) is 0 Å². The molecule has 1 aromatic carbocycles. The summed E-state index contributed by atoms with van der Waals surface area (Å²) in [6.07, 6.45) is 2.65. The molecule has 0 heterocycles. The van der Waals surface area contributed by atoms with Crippen LogP contribution in [0, 0.1) is 11.3 Å². The first-order chi connectivity index (χ1) is 9.71. The van der Waals surface area contributed by atoms with Crippen LogP contribution in [0.4, 0.5) is 5.69 Å². The van der Waals surface area contributed by atoms with Gasteiger partial charge in [-0.2, -0.15) is 5.26 Å². The molecule has 0 aromatic heterocycles. The zero-order valence-corrected chi connectivity index (χ0v) is 12.4. The average Bonchev–Trinajstić information content (AvgIpc) is 2.46. The quantitative estimate of drug-likeness (QED) is 0.792. The van der Waals surface area contributed by atoms with E-state index in [4.69, 9.17) is 5.26 Å². The van der Waals surface area contributed by atoms with E-state index in [2.05, 4.69) is 30.1 Å². The number of nitrogens with one attached hydrogen (secondary N) is 1. The topological polar surface area (TPSA) is 56.1 Å². The van der Waals surface area contributed by atoms with Gasteiger partial charge in [0.15, 0.2) is 0 Å². The molecule has 1 aromatic rings. The minimum atomic E-state index is -0.0371. The van der Waals surface area contributed by atoms with Gasteiger partial charge in [0, 0.05) is 13.0 Å². The highest BCUT2D eigenvalue weighted by molar-refractivity contribution is 5.92. The lowest BCUT2D eigenvalue weighted by atomic mass is 10.2. The standard InChI is InChI=1S/C16H23N3O/c1-3-10-19(11-4-2)12-9-16(20)18-15-8-6-5-7-14(15)13-17/h5-8H,3-4,9-12H2,1-2H3,(H,18,20). The summed E-state index contributed by atoms with van der Waals surface area (Å²) in [7, 11) is 0. The second kappa shape index (κ2) is 9.11. The number of carbonyl (C=O) groups excluding carboxylic acids is 1. The molecule has 0 aliphatic rings. The number of hydrogen-bond donors (Lipinski definition) is 1. The highest BCUT2D eigenvalue weighted by Crippen LogP contribution is 2.13. The third kappa shape index (κ3) is 5.41. The van der Waals surface area contributed by atoms with Crippen molar-refractivity contribution in [2.24, 2.45) is 0 Å². The first-order valence-corrected chi connectivity index (χ1v) is 7.22. The van der Waals surface area contributed by atoms with Gasteiger partial charge in [0.1, 0.15) is 6.07 Å². The number of rotatable bonds is 8. The smallest absolute Gasteiger partial charge is 0.225 e. The minimum Gasteiger partial charge on any atom is -0.325 e. The van der Waals surface area contributed by atoms with E-state index < -0.39 is 0 Å². The van der Waals surface area contributed by atoms with Crippen LogP contribution in [0.15, 0.2) is 24.3 Å². The van der Waals surface area contributed by atoms with Gasteiger partial charge in [-0.25, -0.2) is 0 Å². The summed E-state index contributed by atoms with van der Waals surface area (Å²) >= 11 is 0. The number of amides is 1. The SMILES string of the molecule is CCCN(CCC)CCC(=O)Nc1ccccc1C#N. The summed E-state index contributed by atoms with van der Waals surface area (Å²) in [6, 6.07) is 9.15. The molecule has 20 heavy (non-hydrogen) atoms. The third-order valence-corrected chi connectivity index (χ3v) is 3.06. The highest BCUT2D eigenvalue weighted by atomic mass is 16.1. The van der Waals surface area contributed by atoms with Crippen LogP contribution < -0.4 is 5.32 Å². The van der Waals surface area contributed by atoms with Crippen molar-refractivity contribution < 1.29 is 4.79 Å². The van der Waals surface area contributed by atoms with E-state index >= 15 is 0 Å². The molecule has 0 radical (unpaired) electrons. The molecule has 0 aliphatic carbocycles. The molecule has 1 rings (SSSR count). The summed E-state index contributed by atoms with van der Waals surface area (Å²) in [5.41, 5.74) is 1.09. The predicted octanol–water partition coefficient (Wildman–Crippen LogP) is 3.01. The van der Waals surface area contributed by atoms with Crippen LogP contribution in [0.2, 0.25) is 0 Å². The van der Waals surface area contributed by atoms with Crippen molar-refractivity contribution in [2.45, 2.75) is 33.1 Å². The molecule has 1 N–H and O–H groups in total. The fourth-order valence-corrected chi connectivity index (χ4v) is 2.13. The van der Waals surface area contributed by atoms with Crippen molar-refractivity contribution in [1.29, 1.82) is 5.26 Å². The molecule has 0 bridgehead atoms. The Morgan fingerprint density at radius 1 is 1.20 bits per heavy atom. The van der Waals surface area contributed by atoms with Crippen LogP contribution in [0.25, 0.3) is 0 Å². The molecule has 0 saturated carbocycles. The lowest BCUT2D eigenvalue weighted by molar-refractivity contribution is -0.116. The molecule has 4 nitrogen and oxygen atoms in total. The number of nitriles is 1. The van der Waals surface area contributed by atoms with E-state index in [1.54, 1.807) is 18.2 Å². The minimum absolute atomic E-state index is 0.0371. The van der Waals surface area contributed by atoms with Crippen molar-refractivity contribution in [2.75, 3.05) is 25.0 Å². The molecule has 108 valence electrons. The second-order valence-corrected chi connectivity index (χ2v) is 4.80. The Hall–Kier alpha value is -1.86. The summed E-state index contributed by atoms with van der Waals surface area (Å²) in [5.74, 6) is -0.0371. The van der Waals surface area contributed by atoms with Gasteiger partial charge < -0.3 is 10.2 Å². The van der Waals surface area contributed by atoms with Crippen LogP contribution >= 0.6 is 0 Å². The fraction of sp³-hybridized carbons (Fsp3) is 0.500. The Morgan fingerprint density at radius 2 is 1.85 bits per heavy atom. The fourth-order valence-electron chi connectivity index (χ4n) is 2.13. The number of para-hydroxylation sites is 1. The van der Waals surface area contributed by atoms with Crippen LogP contribution in [0.3, 0.4) is 0 Å². The highest BCUT2D eigenvalue weighted by Gasteiger charge is 2.09. The monoisotopic (exact) mass is 273 g/mol. The maximum Gasteiger partial charge on any atom is 0.225 e. The van der Waals surface area contributed by atoms with Crippen LogP contribution in [0.5, 0.6) is 0 Å². The van der Waals surface area contributed by atoms with Gasteiger partial charge in [-0.1, -0.05) is 26.0 Å². The molecular formula is C16H23N3O. The summed E-state index contributed by atoms with van der Waals surface area (Å²) in [4.78, 5) is 14.2. The molecule has 0 spiro atoms. The number of hydrogen-bond acceptors (Lipinski definition) is 3. The van der Waals surface area contributed by atoms with Crippen LogP contribution in [0.1, 0.15) is 38.7 Å². The first kappa shape index (κ1) is 16.2. The number of benzene rings is 1. The number of carbonyl (C=O) groups is 1. The van der Waals surface area contributed by atoms with Crippen molar-refractivity contribution in [1.82, 2.24) is 4.90 Å². The number of nitrogens with zero attached hydrogens (tertiary/aromatic N) is 2. The average molecular weight is 273 g/mol. The molecule has 0 aliphatic heterocycles. The second-order valence-electron chi connectivity index (χ2n) is 4.80. The number of anilines is 1.